The van der Waals surface area contributed by atoms with Gasteiger partial charge in [0.2, 0.25) is 10.0 Å². The number of nitrogens with zero attached hydrogens (tertiary/aromatic N) is 2. The van der Waals surface area contributed by atoms with E-state index in [0.717, 1.165) is 36.8 Å². The number of nitrogens with one attached hydrogen (secondary N) is 1. The minimum absolute atomic E-state index is 0.161. The van der Waals surface area contributed by atoms with Crippen molar-refractivity contribution in [1.82, 2.24) is 14.2 Å². The molecule has 3 rings (SSSR count). The first-order chi connectivity index (χ1) is 10.4. The van der Waals surface area contributed by atoms with Crippen LogP contribution in [0.1, 0.15) is 28.0 Å². The van der Waals surface area contributed by atoms with Crippen LogP contribution < -0.4 is 5.56 Å². The van der Waals surface area contributed by atoms with Crippen LogP contribution in [-0.2, 0) is 22.9 Å². The molecule has 7 nitrogen and oxygen atoms in total. The maximum Gasteiger partial charge on any atom is 0.261 e. The van der Waals surface area contributed by atoms with E-state index in [1.54, 1.807) is 11.0 Å². The quantitative estimate of drug-likeness (QED) is 0.800. The molecule has 22 heavy (non-hydrogen) atoms. The van der Waals surface area contributed by atoms with E-state index in [1.165, 1.54) is 4.31 Å². The molecule has 1 aromatic rings. The molecule has 0 saturated carbocycles. The number of H-pyrrole nitrogens is 1. The number of rotatable bonds is 2. The van der Waals surface area contributed by atoms with Crippen molar-refractivity contribution < 1.29 is 13.2 Å². The maximum atomic E-state index is 12.5. The van der Waals surface area contributed by atoms with Gasteiger partial charge in [-0.05, 0) is 30.9 Å². The van der Waals surface area contributed by atoms with Crippen LogP contribution in [-0.4, -0.2) is 60.9 Å². The van der Waals surface area contributed by atoms with E-state index in [0.29, 0.717) is 13.1 Å². The first-order valence-corrected chi connectivity index (χ1v) is 9.20. The van der Waals surface area contributed by atoms with Gasteiger partial charge in [0.25, 0.3) is 11.5 Å². The molecule has 1 amide bonds. The molecule has 1 aromatic heterocycles. The summed E-state index contributed by atoms with van der Waals surface area (Å²) in [5.41, 5.74) is 1.78. The third kappa shape index (κ3) is 2.80. The second kappa shape index (κ2) is 5.51. The lowest BCUT2D eigenvalue weighted by Gasteiger charge is -2.33. The molecule has 0 spiro atoms. The summed E-state index contributed by atoms with van der Waals surface area (Å²) in [5, 5.41) is 0. The van der Waals surface area contributed by atoms with Gasteiger partial charge in [0.1, 0.15) is 5.56 Å². The summed E-state index contributed by atoms with van der Waals surface area (Å²) in [5.74, 6) is -0.316. The van der Waals surface area contributed by atoms with Crippen LogP contribution in [0, 0.1) is 0 Å². The molecule has 0 unspecified atom stereocenters. The molecule has 2 aliphatic rings. The second-order valence-electron chi connectivity index (χ2n) is 5.82. The van der Waals surface area contributed by atoms with Gasteiger partial charge in [-0.2, -0.15) is 4.31 Å². The van der Waals surface area contributed by atoms with Gasteiger partial charge in [-0.1, -0.05) is 0 Å². The number of fused-ring (bicyclic) bond motifs is 1. The highest BCUT2D eigenvalue weighted by molar-refractivity contribution is 7.88. The first-order valence-electron chi connectivity index (χ1n) is 7.36. The lowest BCUT2D eigenvalue weighted by atomic mass is 10.1. The predicted molar refractivity (Wildman–Crippen MR) is 81.4 cm³/mol. The van der Waals surface area contributed by atoms with Crippen LogP contribution >= 0.6 is 0 Å². The van der Waals surface area contributed by atoms with E-state index in [-0.39, 0.29) is 30.1 Å². The van der Waals surface area contributed by atoms with Gasteiger partial charge in [0, 0.05) is 31.9 Å². The van der Waals surface area contributed by atoms with E-state index < -0.39 is 10.0 Å². The van der Waals surface area contributed by atoms with Crippen molar-refractivity contribution >= 4 is 15.9 Å². The Morgan fingerprint density at radius 2 is 1.86 bits per heavy atom. The predicted octanol–water partition coefficient (Wildman–Crippen LogP) is -0.419. The van der Waals surface area contributed by atoms with Gasteiger partial charge >= 0.3 is 0 Å². The minimum atomic E-state index is -3.23. The van der Waals surface area contributed by atoms with Crippen LogP contribution in [0.4, 0.5) is 0 Å². The number of carbonyl (C=O) groups excluding carboxylic acids is 1. The zero-order valence-electron chi connectivity index (χ0n) is 12.5. The van der Waals surface area contributed by atoms with Crippen molar-refractivity contribution in [2.24, 2.45) is 0 Å². The summed E-state index contributed by atoms with van der Waals surface area (Å²) in [7, 11) is -3.23. The molecule has 8 heteroatoms. The Labute approximate surface area is 129 Å². The number of aromatic amines is 1. The van der Waals surface area contributed by atoms with Crippen LogP contribution in [0.2, 0.25) is 0 Å². The second-order valence-corrected chi connectivity index (χ2v) is 7.81. The van der Waals surface area contributed by atoms with Crippen molar-refractivity contribution in [2.75, 3.05) is 32.4 Å². The summed E-state index contributed by atoms with van der Waals surface area (Å²) >= 11 is 0. The van der Waals surface area contributed by atoms with Crippen LogP contribution in [0.25, 0.3) is 0 Å². The molecule has 0 bridgehead atoms. The topological polar surface area (TPSA) is 90.6 Å². The summed E-state index contributed by atoms with van der Waals surface area (Å²) in [4.78, 5) is 28.9. The number of amides is 1. The molecule has 0 radical (unpaired) electrons. The standard InChI is InChI=1S/C14H19N3O4S/c1-22(20,21)17-7-5-16(6-8-17)14(19)11-9-10-3-2-4-12(10)15-13(11)18/h9H,2-8H2,1H3,(H,15,18). The molecule has 0 atom stereocenters. The summed E-state index contributed by atoms with van der Waals surface area (Å²) < 4.78 is 24.3. The van der Waals surface area contributed by atoms with Crippen molar-refractivity contribution in [3.8, 4) is 0 Å². The number of aryl methyl sites for hydroxylation is 2. The molecule has 1 aliphatic heterocycles. The zero-order valence-corrected chi connectivity index (χ0v) is 13.3. The highest BCUT2D eigenvalue weighted by atomic mass is 32.2. The van der Waals surface area contributed by atoms with E-state index >= 15 is 0 Å². The third-order valence-electron chi connectivity index (χ3n) is 4.31. The fraction of sp³-hybridized carbons (Fsp3) is 0.571. The monoisotopic (exact) mass is 325 g/mol. The van der Waals surface area contributed by atoms with Crippen molar-refractivity contribution in [2.45, 2.75) is 19.3 Å². The van der Waals surface area contributed by atoms with Gasteiger partial charge < -0.3 is 9.88 Å². The number of sulfonamides is 1. The zero-order chi connectivity index (χ0) is 15.9. The molecule has 120 valence electrons. The van der Waals surface area contributed by atoms with E-state index in [9.17, 15) is 18.0 Å². The van der Waals surface area contributed by atoms with E-state index in [2.05, 4.69) is 4.98 Å². The molecule has 1 fully saturated rings. The number of carbonyl (C=O) groups is 1. The first kappa shape index (κ1) is 15.2. The summed E-state index contributed by atoms with van der Waals surface area (Å²) in [6.07, 6.45) is 3.89. The Morgan fingerprint density at radius 1 is 1.18 bits per heavy atom. The molecular formula is C14H19N3O4S. The lowest BCUT2D eigenvalue weighted by Crippen LogP contribution is -2.51. The van der Waals surface area contributed by atoms with Crippen molar-refractivity contribution in [3.63, 3.8) is 0 Å². The van der Waals surface area contributed by atoms with Crippen molar-refractivity contribution in [3.05, 3.63) is 33.2 Å². The van der Waals surface area contributed by atoms with E-state index in [1.807, 2.05) is 0 Å². The average molecular weight is 325 g/mol. The van der Waals surface area contributed by atoms with Gasteiger partial charge in [0.15, 0.2) is 0 Å². The normalized spacial score (nSPS) is 19.2. The summed E-state index contributed by atoms with van der Waals surface area (Å²) in [6, 6.07) is 1.70. The Morgan fingerprint density at radius 3 is 2.50 bits per heavy atom. The molecule has 1 aliphatic carbocycles. The van der Waals surface area contributed by atoms with Crippen LogP contribution in [0.5, 0.6) is 0 Å². The maximum absolute atomic E-state index is 12.5. The molecular weight excluding hydrogens is 306 g/mol. The fourth-order valence-electron chi connectivity index (χ4n) is 3.07. The largest absolute Gasteiger partial charge is 0.336 e. The van der Waals surface area contributed by atoms with Gasteiger partial charge in [-0.25, -0.2) is 8.42 Å². The molecule has 1 N–H and O–H groups in total. The van der Waals surface area contributed by atoms with E-state index in [4.69, 9.17) is 0 Å². The molecule has 0 aromatic carbocycles. The number of aromatic nitrogens is 1. The number of piperazine rings is 1. The Balaban J connectivity index is 1.77. The number of hydrogen-bond acceptors (Lipinski definition) is 4. The number of hydrogen-bond donors (Lipinski definition) is 1. The molecule has 1 saturated heterocycles. The Bertz CT molecular complexity index is 761. The minimum Gasteiger partial charge on any atom is -0.336 e. The fourth-order valence-corrected chi connectivity index (χ4v) is 3.89. The highest BCUT2D eigenvalue weighted by Gasteiger charge is 2.28. The third-order valence-corrected chi connectivity index (χ3v) is 5.62. The van der Waals surface area contributed by atoms with Gasteiger partial charge in [-0.15, -0.1) is 0 Å². The smallest absolute Gasteiger partial charge is 0.261 e. The SMILES string of the molecule is CS(=O)(=O)N1CCN(C(=O)c2cc3c([nH]c2=O)CCC3)CC1. The highest BCUT2D eigenvalue weighted by Crippen LogP contribution is 2.19. The number of pyridine rings is 1. The van der Waals surface area contributed by atoms with Crippen molar-refractivity contribution in [1.29, 1.82) is 0 Å². The Hall–Kier alpha value is -1.67. The van der Waals surface area contributed by atoms with Gasteiger partial charge in [-0.3, -0.25) is 9.59 Å². The summed E-state index contributed by atoms with van der Waals surface area (Å²) in [6.45, 7) is 1.16. The lowest BCUT2D eigenvalue weighted by molar-refractivity contribution is 0.0696. The Kier molecular flexibility index (Phi) is 3.82. The van der Waals surface area contributed by atoms with Gasteiger partial charge in [0.05, 0.1) is 6.26 Å². The molecule has 2 heterocycles. The van der Waals surface area contributed by atoms with Crippen LogP contribution in [0.3, 0.4) is 0 Å². The van der Waals surface area contributed by atoms with Crippen LogP contribution in [0.15, 0.2) is 10.9 Å². The average Bonchev–Trinajstić information content (AvgIpc) is 2.92.